The van der Waals surface area contributed by atoms with Crippen LogP contribution in [0.25, 0.3) is 0 Å². The van der Waals surface area contributed by atoms with E-state index in [2.05, 4.69) is 97.6 Å². The molecule has 2 heteroatoms. The Morgan fingerprint density at radius 1 is 0.909 bits per heavy atom. The Bertz CT molecular complexity index is 1020. The number of piperidine rings is 3. The van der Waals surface area contributed by atoms with Crippen LogP contribution < -0.4 is 4.74 Å². The third kappa shape index (κ3) is 3.89. The number of methoxy groups -OCH3 is 1. The third-order valence-corrected chi connectivity index (χ3v) is 8.34. The molecule has 2 bridgehead atoms. The number of aryl methyl sites for hydroxylation is 1. The minimum absolute atomic E-state index is 0.0258. The molecule has 3 aromatic rings. The fourth-order valence-electron chi connectivity index (χ4n) is 6.95. The van der Waals surface area contributed by atoms with Crippen molar-refractivity contribution in [1.29, 1.82) is 0 Å². The maximum Gasteiger partial charge on any atom is 0.122 e. The Labute approximate surface area is 199 Å². The molecule has 0 aromatic heterocycles. The van der Waals surface area contributed by atoms with Crippen molar-refractivity contribution in [1.82, 2.24) is 4.90 Å². The van der Waals surface area contributed by atoms with Gasteiger partial charge in [0.1, 0.15) is 5.75 Å². The molecule has 6 rings (SSSR count). The van der Waals surface area contributed by atoms with Gasteiger partial charge in [0.15, 0.2) is 0 Å². The molecule has 0 aliphatic carbocycles. The SMILES string of the molecule is CCCc1ccc(OC)c([C@H]2C3CCN(CC3)[C@@]2(C)C(c2ccccc2)c2ccccc2)c1. The first-order chi connectivity index (χ1) is 16.2. The summed E-state index contributed by atoms with van der Waals surface area (Å²) in [6, 6.07) is 29.3. The first-order valence-electron chi connectivity index (χ1n) is 12.7. The summed E-state index contributed by atoms with van der Waals surface area (Å²) < 4.78 is 6.01. The van der Waals surface area contributed by atoms with E-state index in [9.17, 15) is 0 Å². The molecule has 33 heavy (non-hydrogen) atoms. The highest BCUT2D eigenvalue weighted by atomic mass is 16.5. The second-order valence-electron chi connectivity index (χ2n) is 10.1. The van der Waals surface area contributed by atoms with E-state index in [1.165, 1.54) is 54.6 Å². The van der Waals surface area contributed by atoms with Gasteiger partial charge in [-0.25, -0.2) is 0 Å². The van der Waals surface area contributed by atoms with Crippen molar-refractivity contribution < 1.29 is 4.74 Å². The lowest BCUT2D eigenvalue weighted by atomic mass is 9.57. The summed E-state index contributed by atoms with van der Waals surface area (Å²) >= 11 is 0. The van der Waals surface area contributed by atoms with Crippen LogP contribution in [0, 0.1) is 5.92 Å². The quantitative estimate of drug-likeness (QED) is 0.391. The van der Waals surface area contributed by atoms with Crippen molar-refractivity contribution in [2.24, 2.45) is 5.92 Å². The first-order valence-corrected chi connectivity index (χ1v) is 12.7. The molecule has 3 fully saturated rings. The lowest BCUT2D eigenvalue weighted by Gasteiger charge is -2.61. The molecular weight excluding hydrogens is 402 g/mol. The van der Waals surface area contributed by atoms with Gasteiger partial charge in [0.25, 0.3) is 0 Å². The number of hydrogen-bond acceptors (Lipinski definition) is 2. The standard InChI is InChI=1S/C31H37NO/c1-4-11-23-16-17-28(33-3)27(22-23)30-26-18-20-32(21-19-26)31(30,2)29(24-12-7-5-8-13-24)25-14-9-6-10-15-25/h5-10,12-17,22,26,29-30H,4,11,18-21H2,1-3H3/t30-,31+/m1/s1. The summed E-state index contributed by atoms with van der Waals surface area (Å²) in [6.07, 6.45) is 4.84. The summed E-state index contributed by atoms with van der Waals surface area (Å²) in [4.78, 5) is 2.80. The molecule has 0 saturated carbocycles. The molecule has 3 aliphatic heterocycles. The lowest BCUT2D eigenvalue weighted by molar-refractivity contribution is -0.0515. The number of benzene rings is 3. The van der Waals surface area contributed by atoms with Crippen LogP contribution in [-0.4, -0.2) is 30.6 Å². The number of rotatable bonds is 7. The minimum Gasteiger partial charge on any atom is -0.496 e. The second kappa shape index (κ2) is 9.35. The molecule has 0 radical (unpaired) electrons. The van der Waals surface area contributed by atoms with E-state index in [1.807, 2.05) is 7.11 Å². The van der Waals surface area contributed by atoms with Crippen LogP contribution in [0.2, 0.25) is 0 Å². The Morgan fingerprint density at radius 3 is 2.06 bits per heavy atom. The van der Waals surface area contributed by atoms with Crippen LogP contribution in [0.15, 0.2) is 78.9 Å². The maximum atomic E-state index is 6.01. The van der Waals surface area contributed by atoms with Crippen LogP contribution in [0.1, 0.15) is 67.2 Å². The zero-order chi connectivity index (χ0) is 22.8. The van der Waals surface area contributed by atoms with E-state index in [0.717, 1.165) is 12.2 Å². The minimum atomic E-state index is -0.0258. The van der Waals surface area contributed by atoms with Gasteiger partial charge in [-0.2, -0.15) is 0 Å². The van der Waals surface area contributed by atoms with E-state index >= 15 is 0 Å². The van der Waals surface area contributed by atoms with Gasteiger partial charge in [-0.05, 0) is 73.5 Å². The summed E-state index contributed by atoms with van der Waals surface area (Å²) in [5, 5.41) is 0. The van der Waals surface area contributed by atoms with Gasteiger partial charge in [0.05, 0.1) is 7.11 Å². The highest BCUT2D eigenvalue weighted by Gasteiger charge is 2.56. The van der Waals surface area contributed by atoms with Crippen LogP contribution >= 0.6 is 0 Å². The smallest absolute Gasteiger partial charge is 0.122 e. The van der Waals surface area contributed by atoms with Crippen LogP contribution in [0.5, 0.6) is 5.75 Å². The van der Waals surface area contributed by atoms with Crippen molar-refractivity contribution in [3.05, 3.63) is 101 Å². The molecule has 0 amide bonds. The summed E-state index contributed by atoms with van der Waals surface area (Å²) in [5.41, 5.74) is 5.64. The van der Waals surface area contributed by atoms with Crippen LogP contribution in [0.3, 0.4) is 0 Å². The fraction of sp³-hybridized carbons (Fsp3) is 0.419. The predicted octanol–water partition coefficient (Wildman–Crippen LogP) is 7.05. The largest absolute Gasteiger partial charge is 0.496 e. The molecule has 0 unspecified atom stereocenters. The Kier molecular flexibility index (Phi) is 6.29. The predicted molar refractivity (Wildman–Crippen MR) is 137 cm³/mol. The summed E-state index contributed by atoms with van der Waals surface area (Å²) in [6.45, 7) is 7.18. The number of fused-ring (bicyclic) bond motifs is 3. The van der Waals surface area contributed by atoms with Crippen LogP contribution in [-0.2, 0) is 6.42 Å². The van der Waals surface area contributed by atoms with E-state index in [-0.39, 0.29) is 5.54 Å². The Balaban J connectivity index is 1.72. The zero-order valence-electron chi connectivity index (χ0n) is 20.3. The zero-order valence-corrected chi connectivity index (χ0v) is 20.3. The fourth-order valence-corrected chi connectivity index (χ4v) is 6.95. The molecule has 3 saturated heterocycles. The van der Waals surface area contributed by atoms with Crippen molar-refractivity contribution in [2.45, 2.75) is 56.9 Å². The number of ether oxygens (including phenoxy) is 1. The monoisotopic (exact) mass is 439 g/mol. The second-order valence-corrected chi connectivity index (χ2v) is 10.1. The van der Waals surface area contributed by atoms with Gasteiger partial charge in [0.2, 0.25) is 0 Å². The van der Waals surface area contributed by atoms with Gasteiger partial charge < -0.3 is 4.74 Å². The maximum absolute atomic E-state index is 6.01. The molecule has 2 atom stereocenters. The molecule has 3 heterocycles. The van der Waals surface area contributed by atoms with Gasteiger partial charge >= 0.3 is 0 Å². The highest BCUT2D eigenvalue weighted by molar-refractivity contribution is 5.47. The average molecular weight is 440 g/mol. The van der Waals surface area contributed by atoms with E-state index in [1.54, 1.807) is 0 Å². The summed E-state index contributed by atoms with van der Waals surface area (Å²) in [7, 11) is 1.84. The lowest BCUT2D eigenvalue weighted by Crippen LogP contribution is -2.64. The van der Waals surface area contributed by atoms with Gasteiger partial charge in [0, 0.05) is 17.4 Å². The van der Waals surface area contributed by atoms with E-state index < -0.39 is 0 Å². The molecule has 3 aromatic carbocycles. The van der Waals surface area contributed by atoms with E-state index in [4.69, 9.17) is 4.74 Å². The normalized spacial score (nSPS) is 26.5. The Morgan fingerprint density at radius 2 is 1.52 bits per heavy atom. The summed E-state index contributed by atoms with van der Waals surface area (Å²) in [5.74, 6) is 2.46. The van der Waals surface area contributed by atoms with Crippen molar-refractivity contribution in [3.63, 3.8) is 0 Å². The van der Waals surface area contributed by atoms with Crippen molar-refractivity contribution in [2.75, 3.05) is 20.2 Å². The van der Waals surface area contributed by atoms with Crippen LogP contribution in [0.4, 0.5) is 0 Å². The molecule has 3 aliphatic rings. The Hall–Kier alpha value is -2.58. The molecule has 2 nitrogen and oxygen atoms in total. The topological polar surface area (TPSA) is 12.5 Å². The van der Waals surface area contributed by atoms with Gasteiger partial charge in [-0.15, -0.1) is 0 Å². The van der Waals surface area contributed by atoms with Crippen molar-refractivity contribution >= 4 is 0 Å². The molecule has 0 N–H and O–H groups in total. The number of nitrogens with zero attached hydrogens (tertiary/aromatic N) is 1. The van der Waals surface area contributed by atoms with E-state index in [0.29, 0.717) is 17.8 Å². The molecule has 0 spiro atoms. The van der Waals surface area contributed by atoms with Gasteiger partial charge in [-0.3, -0.25) is 4.90 Å². The van der Waals surface area contributed by atoms with Crippen molar-refractivity contribution in [3.8, 4) is 5.75 Å². The highest BCUT2D eigenvalue weighted by Crippen LogP contribution is 2.58. The average Bonchev–Trinajstić information content (AvgIpc) is 2.86. The molecule has 172 valence electrons. The molecular formula is C31H37NO. The number of hydrogen-bond donors (Lipinski definition) is 0. The van der Waals surface area contributed by atoms with Gasteiger partial charge in [-0.1, -0.05) is 86.1 Å². The third-order valence-electron chi connectivity index (χ3n) is 8.34. The first kappa shape index (κ1) is 22.2.